The molecule has 0 saturated carbocycles. The molecule has 1 aromatic heterocycles. The molecule has 0 amide bonds. The highest BCUT2D eigenvalue weighted by atomic mass is 16.4. The van der Waals surface area contributed by atoms with E-state index in [4.69, 9.17) is 0 Å². The normalized spacial score (nSPS) is 10.8. The summed E-state index contributed by atoms with van der Waals surface area (Å²) in [6.45, 7) is 3.96. The molecule has 88 valence electrons. The van der Waals surface area contributed by atoms with Crippen LogP contribution >= 0.6 is 0 Å². The first-order valence-electron chi connectivity index (χ1n) is 5.61. The molecule has 1 heterocycles. The van der Waals surface area contributed by atoms with Crippen LogP contribution in [-0.2, 0) is 0 Å². The molecule has 3 heteroatoms. The minimum atomic E-state index is -0.881. The van der Waals surface area contributed by atoms with Crippen molar-refractivity contribution in [1.82, 2.24) is 4.98 Å². The summed E-state index contributed by atoms with van der Waals surface area (Å²) in [6, 6.07) is 9.56. The number of nitrogens with one attached hydrogen (secondary N) is 1. The summed E-state index contributed by atoms with van der Waals surface area (Å²) in [6.07, 6.45) is 1.77. The van der Waals surface area contributed by atoms with Crippen molar-refractivity contribution in [3.63, 3.8) is 0 Å². The molecular formula is C14H15NO2. The minimum Gasteiger partial charge on any atom is -0.478 e. The van der Waals surface area contributed by atoms with Crippen molar-refractivity contribution in [1.29, 1.82) is 0 Å². The molecule has 0 bridgehead atoms. The average molecular weight is 229 g/mol. The monoisotopic (exact) mass is 229 g/mol. The maximum Gasteiger partial charge on any atom is 0.338 e. The van der Waals surface area contributed by atoms with Crippen LogP contribution in [0, 0.1) is 0 Å². The molecular weight excluding hydrogens is 214 g/mol. The van der Waals surface area contributed by atoms with E-state index in [2.05, 4.69) is 4.98 Å². The van der Waals surface area contributed by atoms with Crippen LogP contribution in [0.1, 0.15) is 35.8 Å². The summed E-state index contributed by atoms with van der Waals surface area (Å²) in [5.41, 5.74) is 2.83. The zero-order chi connectivity index (χ0) is 12.4. The lowest BCUT2D eigenvalue weighted by atomic mass is 9.99. The topological polar surface area (TPSA) is 53.1 Å². The smallest absolute Gasteiger partial charge is 0.338 e. The number of aromatic amines is 1. The molecule has 0 radical (unpaired) electrons. The van der Waals surface area contributed by atoms with E-state index in [0.29, 0.717) is 5.56 Å². The summed E-state index contributed by atoms with van der Waals surface area (Å²) in [7, 11) is 0. The number of hydrogen-bond donors (Lipinski definition) is 2. The Morgan fingerprint density at radius 2 is 1.88 bits per heavy atom. The fourth-order valence-corrected chi connectivity index (χ4v) is 1.97. The van der Waals surface area contributed by atoms with E-state index in [0.717, 1.165) is 16.8 Å². The predicted octanol–water partition coefficient (Wildman–Crippen LogP) is 3.50. The van der Waals surface area contributed by atoms with Gasteiger partial charge in [0.1, 0.15) is 0 Å². The van der Waals surface area contributed by atoms with Crippen LogP contribution in [0.4, 0.5) is 0 Å². The second-order valence-electron chi connectivity index (χ2n) is 4.32. The van der Waals surface area contributed by atoms with Crippen molar-refractivity contribution >= 4 is 5.97 Å². The summed E-state index contributed by atoms with van der Waals surface area (Å²) < 4.78 is 0. The van der Waals surface area contributed by atoms with E-state index in [9.17, 15) is 9.90 Å². The van der Waals surface area contributed by atoms with Gasteiger partial charge in [-0.15, -0.1) is 0 Å². The Balaban J connectivity index is 2.60. The third-order valence-electron chi connectivity index (χ3n) is 2.79. The maximum atomic E-state index is 11.4. The Morgan fingerprint density at radius 3 is 2.41 bits per heavy atom. The summed E-state index contributed by atoms with van der Waals surface area (Å²) in [5.74, 6) is -0.715. The van der Waals surface area contributed by atoms with Crippen LogP contribution in [0.2, 0.25) is 0 Å². The number of carbonyl (C=O) groups is 1. The Bertz CT molecular complexity index is 526. The lowest BCUT2D eigenvalue weighted by Crippen LogP contribution is -2.03. The first-order valence-corrected chi connectivity index (χ1v) is 5.61. The summed E-state index contributed by atoms with van der Waals surface area (Å²) >= 11 is 0. The molecule has 17 heavy (non-hydrogen) atoms. The van der Waals surface area contributed by atoms with E-state index in [1.807, 2.05) is 44.2 Å². The average Bonchev–Trinajstić information content (AvgIpc) is 2.74. The van der Waals surface area contributed by atoms with Crippen LogP contribution < -0.4 is 0 Å². The summed E-state index contributed by atoms with van der Waals surface area (Å²) in [4.78, 5) is 14.4. The second-order valence-corrected chi connectivity index (χ2v) is 4.32. The number of aromatic carboxylic acids is 1. The highest BCUT2D eigenvalue weighted by Crippen LogP contribution is 2.29. The van der Waals surface area contributed by atoms with Crippen molar-refractivity contribution in [3.05, 3.63) is 47.8 Å². The molecule has 3 nitrogen and oxygen atoms in total. The molecule has 0 spiro atoms. The standard InChI is InChI=1S/C14H15NO2/c1-9(2)13-12(14(16)17)11(8-15-13)10-6-4-3-5-7-10/h3-9,15H,1-2H3,(H,16,17). The van der Waals surface area contributed by atoms with Gasteiger partial charge in [-0.1, -0.05) is 44.2 Å². The second kappa shape index (κ2) is 4.45. The van der Waals surface area contributed by atoms with Crippen molar-refractivity contribution in [3.8, 4) is 11.1 Å². The van der Waals surface area contributed by atoms with E-state index >= 15 is 0 Å². The Labute approximate surface area is 100 Å². The highest BCUT2D eigenvalue weighted by Gasteiger charge is 2.20. The fraction of sp³-hybridized carbons (Fsp3) is 0.214. The van der Waals surface area contributed by atoms with Gasteiger partial charge >= 0.3 is 5.97 Å². The SMILES string of the molecule is CC(C)c1[nH]cc(-c2ccccc2)c1C(=O)O. The number of aromatic nitrogens is 1. The van der Waals surface area contributed by atoms with Gasteiger partial charge in [-0.2, -0.15) is 0 Å². The van der Waals surface area contributed by atoms with Crippen molar-refractivity contribution in [2.75, 3.05) is 0 Å². The van der Waals surface area contributed by atoms with Gasteiger partial charge in [-0.05, 0) is 11.5 Å². The van der Waals surface area contributed by atoms with Gasteiger partial charge < -0.3 is 10.1 Å². The van der Waals surface area contributed by atoms with Crippen LogP contribution in [0.5, 0.6) is 0 Å². The van der Waals surface area contributed by atoms with Gasteiger partial charge in [0.25, 0.3) is 0 Å². The van der Waals surface area contributed by atoms with Crippen molar-refractivity contribution in [2.45, 2.75) is 19.8 Å². The Hall–Kier alpha value is -2.03. The third-order valence-corrected chi connectivity index (χ3v) is 2.79. The van der Waals surface area contributed by atoms with E-state index in [1.165, 1.54) is 0 Å². The quantitative estimate of drug-likeness (QED) is 0.846. The molecule has 0 aliphatic rings. The molecule has 2 rings (SSSR count). The molecule has 0 aliphatic heterocycles. The first kappa shape index (κ1) is 11.5. The molecule has 0 fully saturated rings. The number of H-pyrrole nitrogens is 1. The van der Waals surface area contributed by atoms with Crippen LogP contribution in [0.25, 0.3) is 11.1 Å². The zero-order valence-electron chi connectivity index (χ0n) is 9.90. The molecule has 2 aromatic rings. The minimum absolute atomic E-state index is 0.165. The summed E-state index contributed by atoms with van der Waals surface area (Å²) in [5, 5.41) is 9.33. The molecule has 2 N–H and O–H groups in total. The largest absolute Gasteiger partial charge is 0.478 e. The predicted molar refractivity (Wildman–Crippen MR) is 67.3 cm³/mol. The number of hydrogen-bond acceptors (Lipinski definition) is 1. The third kappa shape index (κ3) is 2.09. The first-order chi connectivity index (χ1) is 8.11. The maximum absolute atomic E-state index is 11.4. The number of rotatable bonds is 3. The molecule has 1 aromatic carbocycles. The lowest BCUT2D eigenvalue weighted by Gasteiger charge is -2.05. The van der Waals surface area contributed by atoms with Crippen LogP contribution in [-0.4, -0.2) is 16.1 Å². The molecule has 0 unspecified atom stereocenters. The Kier molecular flexibility index (Phi) is 3.00. The fourth-order valence-electron chi connectivity index (χ4n) is 1.97. The highest BCUT2D eigenvalue weighted by molar-refractivity contribution is 5.97. The van der Waals surface area contributed by atoms with Gasteiger partial charge in [-0.3, -0.25) is 0 Å². The molecule has 0 atom stereocenters. The van der Waals surface area contributed by atoms with E-state index < -0.39 is 5.97 Å². The van der Waals surface area contributed by atoms with Gasteiger partial charge in [0.2, 0.25) is 0 Å². The molecule has 0 saturated heterocycles. The number of benzene rings is 1. The van der Waals surface area contributed by atoms with Crippen molar-refractivity contribution in [2.24, 2.45) is 0 Å². The van der Waals surface area contributed by atoms with Gasteiger partial charge in [0.15, 0.2) is 0 Å². The van der Waals surface area contributed by atoms with Gasteiger partial charge in [0.05, 0.1) is 5.56 Å². The van der Waals surface area contributed by atoms with E-state index in [-0.39, 0.29) is 5.92 Å². The zero-order valence-corrected chi connectivity index (χ0v) is 9.90. The Morgan fingerprint density at radius 1 is 1.24 bits per heavy atom. The van der Waals surface area contributed by atoms with Crippen LogP contribution in [0.15, 0.2) is 36.5 Å². The number of carboxylic acid groups (broad SMARTS) is 1. The lowest BCUT2D eigenvalue weighted by molar-refractivity contribution is 0.0696. The van der Waals surface area contributed by atoms with Crippen molar-refractivity contribution < 1.29 is 9.90 Å². The van der Waals surface area contributed by atoms with Crippen LogP contribution in [0.3, 0.4) is 0 Å². The van der Waals surface area contributed by atoms with E-state index in [1.54, 1.807) is 6.20 Å². The van der Waals surface area contributed by atoms with Gasteiger partial charge in [0, 0.05) is 17.5 Å². The number of carboxylic acids is 1. The molecule has 0 aliphatic carbocycles. The van der Waals surface area contributed by atoms with Gasteiger partial charge in [-0.25, -0.2) is 4.79 Å².